The van der Waals surface area contributed by atoms with Crippen LogP contribution in [-0.2, 0) is 0 Å². The lowest BCUT2D eigenvalue weighted by molar-refractivity contribution is 0.596. The Morgan fingerprint density at radius 3 is 2.55 bits per heavy atom. The molecule has 0 aliphatic carbocycles. The van der Waals surface area contributed by atoms with Gasteiger partial charge in [-0.1, -0.05) is 28.9 Å². The zero-order valence-electron chi connectivity index (χ0n) is 12.8. The van der Waals surface area contributed by atoms with E-state index in [0.29, 0.717) is 6.04 Å². The van der Waals surface area contributed by atoms with Crippen LogP contribution >= 0.6 is 15.9 Å². The molecule has 0 spiro atoms. The maximum absolute atomic E-state index is 8.96. The summed E-state index contributed by atoms with van der Waals surface area (Å²) in [5, 5.41) is 12.4. The molecule has 3 nitrogen and oxygen atoms in total. The van der Waals surface area contributed by atoms with Crippen molar-refractivity contribution in [1.29, 1.82) is 5.26 Å². The number of hydrogen-bond donors (Lipinski definition) is 1. The van der Waals surface area contributed by atoms with Crippen LogP contribution in [0.25, 0.3) is 0 Å². The quantitative estimate of drug-likeness (QED) is 0.813. The number of benzene rings is 1. The van der Waals surface area contributed by atoms with Gasteiger partial charge < -0.3 is 10.2 Å². The Balaban J connectivity index is 2.92. The summed E-state index contributed by atoms with van der Waals surface area (Å²) < 4.78 is 1.12. The molecule has 0 aliphatic rings. The van der Waals surface area contributed by atoms with Crippen LogP contribution in [0.1, 0.15) is 39.3 Å². The smallest absolute Gasteiger partial charge is 0.0671 e. The zero-order chi connectivity index (χ0) is 15.1. The number of nitriles is 1. The third-order valence-corrected chi connectivity index (χ3v) is 4.11. The standard InChI is InChI=1S/C16H24BrN3/c1-5-19-13(4)15-8-7-14(9-16(15)17)20(6-2)11-12(3)10-18/h7-9,12-13,19H,5-6,11H2,1-4H3. The second-order valence-corrected chi connectivity index (χ2v) is 5.91. The first-order chi connectivity index (χ1) is 9.53. The molecule has 0 fully saturated rings. The number of nitrogens with one attached hydrogen (secondary N) is 1. The van der Waals surface area contributed by atoms with Crippen LogP contribution in [0, 0.1) is 17.2 Å². The number of hydrogen-bond acceptors (Lipinski definition) is 3. The van der Waals surface area contributed by atoms with E-state index in [4.69, 9.17) is 5.26 Å². The molecule has 0 bridgehead atoms. The summed E-state index contributed by atoms with van der Waals surface area (Å²) in [6.45, 7) is 11.0. The largest absolute Gasteiger partial charge is 0.370 e. The van der Waals surface area contributed by atoms with Crippen molar-refractivity contribution in [2.45, 2.75) is 33.7 Å². The Bertz CT molecular complexity index is 467. The van der Waals surface area contributed by atoms with Crippen LogP contribution in [-0.4, -0.2) is 19.6 Å². The molecule has 0 aliphatic heterocycles. The van der Waals surface area contributed by atoms with Gasteiger partial charge in [0.15, 0.2) is 0 Å². The molecule has 0 aromatic heterocycles. The van der Waals surface area contributed by atoms with Gasteiger partial charge in [-0.05, 0) is 45.0 Å². The van der Waals surface area contributed by atoms with E-state index in [-0.39, 0.29) is 5.92 Å². The van der Waals surface area contributed by atoms with E-state index in [1.165, 1.54) is 5.56 Å². The van der Waals surface area contributed by atoms with E-state index in [1.54, 1.807) is 0 Å². The average molecular weight is 338 g/mol. The van der Waals surface area contributed by atoms with Gasteiger partial charge in [-0.3, -0.25) is 0 Å². The summed E-state index contributed by atoms with van der Waals surface area (Å²) >= 11 is 3.67. The molecule has 110 valence electrons. The highest BCUT2D eigenvalue weighted by Gasteiger charge is 2.13. The molecule has 0 saturated heterocycles. The van der Waals surface area contributed by atoms with Crippen molar-refractivity contribution in [3.8, 4) is 6.07 Å². The summed E-state index contributed by atoms with van der Waals surface area (Å²) in [6.07, 6.45) is 0. The lowest BCUT2D eigenvalue weighted by atomic mass is 10.1. The molecular formula is C16H24BrN3. The van der Waals surface area contributed by atoms with Crippen LogP contribution in [0.5, 0.6) is 0 Å². The van der Waals surface area contributed by atoms with Crippen LogP contribution in [0.4, 0.5) is 5.69 Å². The minimum atomic E-state index is 0.0362. The highest BCUT2D eigenvalue weighted by Crippen LogP contribution is 2.28. The number of anilines is 1. The fourth-order valence-electron chi connectivity index (χ4n) is 2.27. The SMILES string of the molecule is CCNC(C)c1ccc(N(CC)CC(C)C#N)cc1Br. The van der Waals surface area contributed by atoms with Crippen molar-refractivity contribution in [2.24, 2.45) is 5.92 Å². The lowest BCUT2D eigenvalue weighted by Crippen LogP contribution is -2.27. The second-order valence-electron chi connectivity index (χ2n) is 5.05. The number of nitrogens with zero attached hydrogens (tertiary/aromatic N) is 2. The van der Waals surface area contributed by atoms with Crippen molar-refractivity contribution in [1.82, 2.24) is 5.32 Å². The minimum absolute atomic E-state index is 0.0362. The monoisotopic (exact) mass is 337 g/mol. The molecule has 20 heavy (non-hydrogen) atoms. The maximum atomic E-state index is 8.96. The van der Waals surface area contributed by atoms with Crippen LogP contribution in [0.15, 0.2) is 22.7 Å². The van der Waals surface area contributed by atoms with Crippen molar-refractivity contribution >= 4 is 21.6 Å². The molecule has 1 aromatic carbocycles. The molecule has 4 heteroatoms. The highest BCUT2D eigenvalue weighted by atomic mass is 79.9. The third kappa shape index (κ3) is 4.50. The molecule has 0 saturated carbocycles. The predicted molar refractivity (Wildman–Crippen MR) is 88.9 cm³/mol. The summed E-state index contributed by atoms with van der Waals surface area (Å²) in [7, 11) is 0. The van der Waals surface area contributed by atoms with Crippen molar-refractivity contribution in [3.05, 3.63) is 28.2 Å². The first-order valence-electron chi connectivity index (χ1n) is 7.20. The fraction of sp³-hybridized carbons (Fsp3) is 0.562. The van der Waals surface area contributed by atoms with Crippen LogP contribution in [0.3, 0.4) is 0 Å². The van der Waals surface area contributed by atoms with Gasteiger partial charge in [0.2, 0.25) is 0 Å². The van der Waals surface area contributed by atoms with Crippen molar-refractivity contribution < 1.29 is 0 Å². The maximum Gasteiger partial charge on any atom is 0.0671 e. The van der Waals surface area contributed by atoms with Gasteiger partial charge in [-0.15, -0.1) is 0 Å². The zero-order valence-corrected chi connectivity index (χ0v) is 14.4. The molecular weight excluding hydrogens is 314 g/mol. The summed E-state index contributed by atoms with van der Waals surface area (Å²) in [4.78, 5) is 2.24. The molecule has 1 rings (SSSR count). The van der Waals surface area contributed by atoms with E-state index in [1.807, 2.05) is 6.92 Å². The van der Waals surface area contributed by atoms with E-state index in [0.717, 1.165) is 29.8 Å². The topological polar surface area (TPSA) is 39.1 Å². The molecule has 0 radical (unpaired) electrons. The normalized spacial score (nSPS) is 13.6. The van der Waals surface area contributed by atoms with Crippen molar-refractivity contribution in [2.75, 3.05) is 24.5 Å². The van der Waals surface area contributed by atoms with Gasteiger partial charge in [-0.25, -0.2) is 0 Å². The average Bonchev–Trinajstić information content (AvgIpc) is 2.44. The van der Waals surface area contributed by atoms with Gasteiger partial charge in [0, 0.05) is 29.3 Å². The van der Waals surface area contributed by atoms with Crippen molar-refractivity contribution in [3.63, 3.8) is 0 Å². The highest BCUT2D eigenvalue weighted by molar-refractivity contribution is 9.10. The van der Waals surface area contributed by atoms with Gasteiger partial charge >= 0.3 is 0 Å². The molecule has 1 aromatic rings. The minimum Gasteiger partial charge on any atom is -0.370 e. The Morgan fingerprint density at radius 2 is 2.05 bits per heavy atom. The molecule has 0 heterocycles. The van der Waals surface area contributed by atoms with Crippen LogP contribution in [0.2, 0.25) is 0 Å². The molecule has 2 unspecified atom stereocenters. The summed E-state index contributed by atoms with van der Waals surface area (Å²) in [5.41, 5.74) is 2.42. The second kappa shape index (κ2) is 8.28. The molecule has 1 N–H and O–H groups in total. The number of halogens is 1. The first-order valence-corrected chi connectivity index (χ1v) is 8.00. The summed E-state index contributed by atoms with van der Waals surface area (Å²) in [6, 6.07) is 9.08. The Kier molecular flexibility index (Phi) is 7.04. The van der Waals surface area contributed by atoms with E-state index >= 15 is 0 Å². The van der Waals surface area contributed by atoms with Gasteiger partial charge in [-0.2, -0.15) is 5.26 Å². The van der Waals surface area contributed by atoms with Gasteiger partial charge in [0.1, 0.15) is 0 Å². The first kappa shape index (κ1) is 17.0. The molecule has 2 atom stereocenters. The third-order valence-electron chi connectivity index (χ3n) is 3.42. The van der Waals surface area contributed by atoms with Gasteiger partial charge in [0.25, 0.3) is 0 Å². The van der Waals surface area contributed by atoms with Gasteiger partial charge in [0.05, 0.1) is 12.0 Å². The summed E-state index contributed by atoms with van der Waals surface area (Å²) in [5.74, 6) is 0.0362. The fourth-order valence-corrected chi connectivity index (χ4v) is 2.98. The lowest BCUT2D eigenvalue weighted by Gasteiger charge is -2.25. The van der Waals surface area contributed by atoms with E-state index < -0.39 is 0 Å². The van der Waals surface area contributed by atoms with E-state index in [9.17, 15) is 0 Å². The Hall–Kier alpha value is -1.05. The van der Waals surface area contributed by atoms with Crippen LogP contribution < -0.4 is 10.2 Å². The molecule has 0 amide bonds. The Morgan fingerprint density at radius 1 is 1.35 bits per heavy atom. The predicted octanol–water partition coefficient (Wildman–Crippen LogP) is 4.11. The van der Waals surface area contributed by atoms with E-state index in [2.05, 4.69) is 71.2 Å². The number of rotatable bonds is 7. The Labute approximate surface area is 131 Å².